The van der Waals surface area contributed by atoms with Crippen LogP contribution in [0.3, 0.4) is 0 Å². The Balaban J connectivity index is 1.80. The van der Waals surface area contributed by atoms with Gasteiger partial charge in [-0.2, -0.15) is 0 Å². The highest BCUT2D eigenvalue weighted by Gasteiger charge is 2.33. The van der Waals surface area contributed by atoms with Crippen molar-refractivity contribution in [2.24, 2.45) is 5.92 Å². The van der Waals surface area contributed by atoms with Crippen LogP contribution in [0.1, 0.15) is 63.5 Å². The molecule has 1 saturated carbocycles. The van der Waals surface area contributed by atoms with Gasteiger partial charge in [-0.15, -0.1) is 0 Å². The standard InChI is InChI=1S/C18H26BrNO/c1-2-10-20-16-12-17(13-6-4-3-5-7-13)21-18-11-14(19)8-9-15(16)18/h8-9,11,13,16-17,20H,2-7,10,12H2,1H3. The lowest BCUT2D eigenvalue weighted by Gasteiger charge is -2.38. The van der Waals surface area contributed by atoms with E-state index < -0.39 is 0 Å². The third kappa shape index (κ3) is 3.62. The second-order valence-electron chi connectivity index (χ2n) is 6.48. The SMILES string of the molecule is CCCNC1CC(C2CCCCC2)Oc2cc(Br)ccc21. The fourth-order valence-corrected chi connectivity index (χ4v) is 4.12. The first-order valence-corrected chi connectivity index (χ1v) is 9.26. The van der Waals surface area contributed by atoms with Crippen LogP contribution >= 0.6 is 15.9 Å². The number of ether oxygens (including phenoxy) is 1. The molecule has 0 spiro atoms. The first-order valence-electron chi connectivity index (χ1n) is 8.47. The van der Waals surface area contributed by atoms with Gasteiger partial charge in [0.05, 0.1) is 0 Å². The van der Waals surface area contributed by atoms with Gasteiger partial charge in [0.25, 0.3) is 0 Å². The topological polar surface area (TPSA) is 21.3 Å². The van der Waals surface area contributed by atoms with Crippen LogP contribution < -0.4 is 10.1 Å². The fourth-order valence-electron chi connectivity index (χ4n) is 3.78. The predicted molar refractivity (Wildman–Crippen MR) is 90.8 cm³/mol. The smallest absolute Gasteiger partial charge is 0.125 e. The van der Waals surface area contributed by atoms with E-state index in [0.29, 0.717) is 12.1 Å². The number of halogens is 1. The normalized spacial score (nSPS) is 26.2. The van der Waals surface area contributed by atoms with Crippen molar-refractivity contribution >= 4 is 15.9 Å². The molecule has 3 rings (SSSR count). The summed E-state index contributed by atoms with van der Waals surface area (Å²) in [5, 5.41) is 3.72. The van der Waals surface area contributed by atoms with Crippen molar-refractivity contribution in [3.63, 3.8) is 0 Å². The highest BCUT2D eigenvalue weighted by atomic mass is 79.9. The summed E-state index contributed by atoms with van der Waals surface area (Å²) in [7, 11) is 0. The van der Waals surface area contributed by atoms with Gasteiger partial charge in [0.15, 0.2) is 0 Å². The van der Waals surface area contributed by atoms with Gasteiger partial charge in [-0.05, 0) is 43.9 Å². The van der Waals surface area contributed by atoms with Crippen LogP contribution in [0.5, 0.6) is 5.75 Å². The van der Waals surface area contributed by atoms with E-state index in [1.807, 2.05) is 0 Å². The summed E-state index contributed by atoms with van der Waals surface area (Å²) in [5.41, 5.74) is 1.33. The summed E-state index contributed by atoms with van der Waals surface area (Å²) in [6, 6.07) is 6.94. The molecule has 1 aromatic rings. The summed E-state index contributed by atoms with van der Waals surface area (Å²) >= 11 is 3.58. The highest BCUT2D eigenvalue weighted by molar-refractivity contribution is 9.10. The van der Waals surface area contributed by atoms with Crippen LogP contribution in [0.25, 0.3) is 0 Å². The van der Waals surface area contributed by atoms with Gasteiger partial charge < -0.3 is 10.1 Å². The maximum Gasteiger partial charge on any atom is 0.125 e. The van der Waals surface area contributed by atoms with Crippen LogP contribution in [-0.4, -0.2) is 12.6 Å². The van der Waals surface area contributed by atoms with Crippen LogP contribution in [0.2, 0.25) is 0 Å². The Bertz CT molecular complexity index is 470. The Hall–Kier alpha value is -0.540. The van der Waals surface area contributed by atoms with Gasteiger partial charge in [0.2, 0.25) is 0 Å². The summed E-state index contributed by atoms with van der Waals surface area (Å²) in [6.07, 6.45) is 9.54. The van der Waals surface area contributed by atoms with Crippen molar-refractivity contribution in [1.29, 1.82) is 0 Å². The summed E-state index contributed by atoms with van der Waals surface area (Å²) in [4.78, 5) is 0. The van der Waals surface area contributed by atoms with Gasteiger partial charge in [-0.1, -0.05) is 48.2 Å². The Labute approximate surface area is 136 Å². The molecular weight excluding hydrogens is 326 g/mol. The molecule has 2 atom stereocenters. The first-order chi connectivity index (χ1) is 10.3. The molecule has 1 fully saturated rings. The molecule has 2 nitrogen and oxygen atoms in total. The number of nitrogens with one attached hydrogen (secondary N) is 1. The average molecular weight is 352 g/mol. The minimum Gasteiger partial charge on any atom is -0.490 e. The molecule has 0 radical (unpaired) electrons. The summed E-state index contributed by atoms with van der Waals surface area (Å²) in [5.74, 6) is 1.83. The van der Waals surface area contributed by atoms with E-state index in [1.165, 1.54) is 44.1 Å². The molecule has 2 aliphatic rings. The zero-order chi connectivity index (χ0) is 14.7. The van der Waals surface area contributed by atoms with E-state index in [4.69, 9.17) is 4.74 Å². The molecular formula is C18H26BrNO. The van der Waals surface area contributed by atoms with Crippen LogP contribution in [0.4, 0.5) is 0 Å². The number of rotatable bonds is 4. The maximum absolute atomic E-state index is 6.39. The Morgan fingerprint density at radius 1 is 1.24 bits per heavy atom. The number of hydrogen-bond acceptors (Lipinski definition) is 2. The van der Waals surface area contributed by atoms with Crippen molar-refractivity contribution in [1.82, 2.24) is 5.32 Å². The number of fused-ring (bicyclic) bond motifs is 1. The first kappa shape index (κ1) is 15.4. The van der Waals surface area contributed by atoms with Crippen molar-refractivity contribution in [2.75, 3.05) is 6.54 Å². The lowest BCUT2D eigenvalue weighted by Crippen LogP contribution is -2.38. The molecule has 0 aromatic heterocycles. The van der Waals surface area contributed by atoms with E-state index in [9.17, 15) is 0 Å². The number of hydrogen-bond donors (Lipinski definition) is 1. The third-order valence-electron chi connectivity index (χ3n) is 4.91. The molecule has 0 saturated heterocycles. The van der Waals surface area contributed by atoms with Gasteiger partial charge in [0, 0.05) is 22.5 Å². The van der Waals surface area contributed by atoms with E-state index in [1.54, 1.807) is 0 Å². The lowest BCUT2D eigenvalue weighted by molar-refractivity contribution is 0.0728. The average Bonchev–Trinajstić information content (AvgIpc) is 2.52. The molecule has 0 amide bonds. The Kier molecular flexibility index (Phi) is 5.23. The van der Waals surface area contributed by atoms with Crippen molar-refractivity contribution in [3.8, 4) is 5.75 Å². The minimum absolute atomic E-state index is 0.390. The largest absolute Gasteiger partial charge is 0.490 e. The Morgan fingerprint density at radius 2 is 2.05 bits per heavy atom. The second kappa shape index (κ2) is 7.15. The quantitative estimate of drug-likeness (QED) is 0.802. The molecule has 116 valence electrons. The van der Waals surface area contributed by atoms with Crippen LogP contribution in [-0.2, 0) is 0 Å². The Morgan fingerprint density at radius 3 is 2.81 bits per heavy atom. The van der Waals surface area contributed by atoms with Gasteiger partial charge in [-0.3, -0.25) is 0 Å². The van der Waals surface area contributed by atoms with Crippen molar-refractivity contribution in [3.05, 3.63) is 28.2 Å². The molecule has 1 heterocycles. The van der Waals surface area contributed by atoms with Crippen molar-refractivity contribution in [2.45, 2.75) is 64.0 Å². The zero-order valence-corrected chi connectivity index (χ0v) is 14.5. The third-order valence-corrected chi connectivity index (χ3v) is 5.41. The molecule has 1 aliphatic heterocycles. The van der Waals surface area contributed by atoms with E-state index >= 15 is 0 Å². The van der Waals surface area contributed by atoms with E-state index in [2.05, 4.69) is 46.4 Å². The molecule has 3 heteroatoms. The van der Waals surface area contributed by atoms with Crippen LogP contribution in [0, 0.1) is 5.92 Å². The number of benzene rings is 1. The summed E-state index contributed by atoms with van der Waals surface area (Å²) in [6.45, 7) is 3.31. The molecule has 1 aliphatic carbocycles. The van der Waals surface area contributed by atoms with Crippen molar-refractivity contribution < 1.29 is 4.74 Å². The zero-order valence-electron chi connectivity index (χ0n) is 12.9. The van der Waals surface area contributed by atoms with Gasteiger partial charge in [-0.25, -0.2) is 0 Å². The highest BCUT2D eigenvalue weighted by Crippen LogP contribution is 2.41. The molecule has 2 unspecified atom stereocenters. The van der Waals surface area contributed by atoms with Crippen LogP contribution in [0.15, 0.2) is 22.7 Å². The molecule has 1 aromatic carbocycles. The lowest BCUT2D eigenvalue weighted by atomic mass is 9.81. The van der Waals surface area contributed by atoms with Gasteiger partial charge in [0.1, 0.15) is 11.9 Å². The maximum atomic E-state index is 6.39. The fraction of sp³-hybridized carbons (Fsp3) is 0.667. The molecule has 1 N–H and O–H groups in total. The van der Waals surface area contributed by atoms with E-state index in [0.717, 1.165) is 29.1 Å². The second-order valence-corrected chi connectivity index (χ2v) is 7.39. The molecule has 21 heavy (non-hydrogen) atoms. The molecule has 0 bridgehead atoms. The van der Waals surface area contributed by atoms with E-state index in [-0.39, 0.29) is 0 Å². The predicted octanol–water partition coefficient (Wildman–Crippen LogP) is 5.22. The van der Waals surface area contributed by atoms with Gasteiger partial charge >= 0.3 is 0 Å². The minimum atomic E-state index is 0.390. The monoisotopic (exact) mass is 351 g/mol. The summed E-state index contributed by atoms with van der Waals surface area (Å²) < 4.78 is 7.50.